The van der Waals surface area contributed by atoms with Gasteiger partial charge in [-0.05, 0) is 31.0 Å². The number of nitrogens with one attached hydrogen (secondary N) is 1. The number of carbonyl (C=O) groups excluding carboxylic acids is 2. The van der Waals surface area contributed by atoms with E-state index in [1.807, 2.05) is 32.0 Å². The molecule has 0 radical (unpaired) electrons. The molecule has 0 bridgehead atoms. The molecule has 1 aliphatic rings. The van der Waals surface area contributed by atoms with Crippen molar-refractivity contribution in [1.29, 1.82) is 0 Å². The van der Waals surface area contributed by atoms with Gasteiger partial charge in [0.15, 0.2) is 0 Å². The molecule has 7 heteroatoms. The van der Waals surface area contributed by atoms with Crippen molar-refractivity contribution in [3.05, 3.63) is 47.5 Å². The Balaban J connectivity index is 1.87. The van der Waals surface area contributed by atoms with Gasteiger partial charge in [-0.3, -0.25) is 9.59 Å². The largest absolute Gasteiger partial charge is 0.497 e. The number of benzene rings is 2. The summed E-state index contributed by atoms with van der Waals surface area (Å²) < 4.78 is 10.4. The first-order valence-electron chi connectivity index (χ1n) is 8.93. The van der Waals surface area contributed by atoms with Crippen molar-refractivity contribution in [1.82, 2.24) is 0 Å². The third-order valence-electron chi connectivity index (χ3n) is 4.50. The fourth-order valence-corrected chi connectivity index (χ4v) is 2.94. The van der Waals surface area contributed by atoms with E-state index >= 15 is 0 Å². The molecule has 146 valence electrons. The highest BCUT2D eigenvalue weighted by atomic mass is 16.5. The number of methoxy groups -OCH3 is 2. The van der Waals surface area contributed by atoms with Crippen LogP contribution in [0.2, 0.25) is 0 Å². The summed E-state index contributed by atoms with van der Waals surface area (Å²) >= 11 is 0. The predicted octanol–water partition coefficient (Wildman–Crippen LogP) is 3.44. The molecule has 1 heterocycles. The van der Waals surface area contributed by atoms with Gasteiger partial charge in [0.05, 0.1) is 19.9 Å². The molecule has 0 aromatic heterocycles. The number of hydrazone groups is 1. The molecular formula is C21H23N3O4. The third kappa shape index (κ3) is 4.14. The summed E-state index contributed by atoms with van der Waals surface area (Å²) in [4.78, 5) is 25.1. The summed E-state index contributed by atoms with van der Waals surface area (Å²) in [5.74, 6) is 0.631. The van der Waals surface area contributed by atoms with Gasteiger partial charge in [-0.1, -0.05) is 12.1 Å². The molecular weight excluding hydrogens is 358 g/mol. The second-order valence-electron chi connectivity index (χ2n) is 6.60. The average molecular weight is 381 g/mol. The van der Waals surface area contributed by atoms with E-state index in [0.29, 0.717) is 28.6 Å². The minimum atomic E-state index is -0.363. The van der Waals surface area contributed by atoms with Crippen LogP contribution in [-0.2, 0) is 9.59 Å². The van der Waals surface area contributed by atoms with Crippen molar-refractivity contribution >= 4 is 28.9 Å². The molecule has 7 nitrogen and oxygen atoms in total. The maximum Gasteiger partial charge on any atom is 0.271 e. The van der Waals surface area contributed by atoms with Gasteiger partial charge in [0.1, 0.15) is 17.2 Å². The number of aryl methyl sites for hydroxylation is 2. The molecule has 28 heavy (non-hydrogen) atoms. The van der Waals surface area contributed by atoms with Crippen LogP contribution in [0.4, 0.5) is 11.4 Å². The van der Waals surface area contributed by atoms with Crippen molar-refractivity contribution in [2.24, 2.45) is 5.10 Å². The van der Waals surface area contributed by atoms with Gasteiger partial charge in [-0.15, -0.1) is 0 Å². The summed E-state index contributed by atoms with van der Waals surface area (Å²) in [7, 11) is 3.08. The van der Waals surface area contributed by atoms with E-state index in [1.54, 1.807) is 32.4 Å². The lowest BCUT2D eigenvalue weighted by atomic mass is 10.1. The van der Waals surface area contributed by atoms with E-state index in [2.05, 4.69) is 10.4 Å². The zero-order valence-corrected chi connectivity index (χ0v) is 16.4. The van der Waals surface area contributed by atoms with Crippen LogP contribution >= 0.6 is 0 Å². The Bertz CT molecular complexity index is 930. The summed E-state index contributed by atoms with van der Waals surface area (Å²) in [6.07, 6.45) is 0.508. The van der Waals surface area contributed by atoms with Crippen LogP contribution in [-0.4, -0.2) is 31.7 Å². The first kappa shape index (κ1) is 19.4. The van der Waals surface area contributed by atoms with Crippen LogP contribution in [0.3, 0.4) is 0 Å². The average Bonchev–Trinajstić information content (AvgIpc) is 2.69. The highest BCUT2D eigenvalue weighted by Gasteiger charge is 2.26. The van der Waals surface area contributed by atoms with Crippen LogP contribution < -0.4 is 19.8 Å². The Labute approximate surface area is 163 Å². The molecule has 1 aliphatic heterocycles. The molecule has 3 rings (SSSR count). The Morgan fingerprint density at radius 2 is 1.71 bits per heavy atom. The van der Waals surface area contributed by atoms with Gasteiger partial charge in [0.25, 0.3) is 5.91 Å². The topological polar surface area (TPSA) is 80.2 Å². The van der Waals surface area contributed by atoms with E-state index in [9.17, 15) is 9.59 Å². The SMILES string of the molecule is COc1cc(NC(=O)C2=NN(c3cc(C)ccc3C)C(=O)CC2)cc(OC)c1. The van der Waals surface area contributed by atoms with Crippen molar-refractivity contribution < 1.29 is 19.1 Å². The van der Waals surface area contributed by atoms with Gasteiger partial charge in [-0.25, -0.2) is 5.01 Å². The first-order chi connectivity index (χ1) is 13.4. The number of hydrogen-bond acceptors (Lipinski definition) is 5. The quantitative estimate of drug-likeness (QED) is 0.860. The maximum absolute atomic E-state index is 12.7. The molecule has 0 spiro atoms. The molecule has 0 fully saturated rings. The van der Waals surface area contributed by atoms with Gasteiger partial charge in [0.2, 0.25) is 5.91 Å². The van der Waals surface area contributed by atoms with Gasteiger partial charge in [0, 0.05) is 36.7 Å². The fourth-order valence-electron chi connectivity index (χ4n) is 2.94. The molecule has 2 aromatic rings. The number of rotatable bonds is 5. The molecule has 0 atom stereocenters. The zero-order chi connectivity index (χ0) is 20.3. The molecule has 0 saturated heterocycles. The van der Waals surface area contributed by atoms with Crippen LogP contribution in [0.1, 0.15) is 24.0 Å². The van der Waals surface area contributed by atoms with Gasteiger partial charge < -0.3 is 14.8 Å². The maximum atomic E-state index is 12.7. The van der Waals surface area contributed by atoms with Gasteiger partial charge in [-0.2, -0.15) is 5.10 Å². The lowest BCUT2D eigenvalue weighted by Gasteiger charge is -2.25. The highest BCUT2D eigenvalue weighted by Crippen LogP contribution is 2.27. The molecule has 1 N–H and O–H groups in total. The summed E-state index contributed by atoms with van der Waals surface area (Å²) in [6, 6.07) is 10.9. The minimum Gasteiger partial charge on any atom is -0.497 e. The second-order valence-corrected chi connectivity index (χ2v) is 6.60. The fraction of sp³-hybridized carbons (Fsp3) is 0.286. The highest BCUT2D eigenvalue weighted by molar-refractivity contribution is 6.44. The Hall–Kier alpha value is -3.35. The summed E-state index contributed by atoms with van der Waals surface area (Å²) in [6.45, 7) is 3.86. The Morgan fingerprint density at radius 3 is 2.36 bits per heavy atom. The van der Waals surface area contributed by atoms with E-state index in [1.165, 1.54) is 5.01 Å². The van der Waals surface area contributed by atoms with E-state index in [4.69, 9.17) is 9.47 Å². The van der Waals surface area contributed by atoms with Crippen LogP contribution in [0.15, 0.2) is 41.5 Å². The van der Waals surface area contributed by atoms with E-state index in [-0.39, 0.29) is 24.7 Å². The Morgan fingerprint density at radius 1 is 1.04 bits per heavy atom. The number of hydrogen-bond donors (Lipinski definition) is 1. The molecule has 0 saturated carbocycles. The molecule has 0 aliphatic carbocycles. The normalized spacial score (nSPS) is 13.8. The molecule has 0 unspecified atom stereocenters. The zero-order valence-electron chi connectivity index (χ0n) is 16.4. The van der Waals surface area contributed by atoms with E-state index < -0.39 is 0 Å². The lowest BCUT2D eigenvalue weighted by molar-refractivity contribution is -0.118. The van der Waals surface area contributed by atoms with Crippen LogP contribution in [0.25, 0.3) is 0 Å². The van der Waals surface area contributed by atoms with Crippen molar-refractivity contribution in [3.63, 3.8) is 0 Å². The number of amides is 2. The standard InChI is InChI=1S/C21H23N3O4/c1-13-5-6-14(2)19(9-13)24-20(25)8-7-18(23-24)21(26)22-15-10-16(27-3)12-17(11-15)28-4/h5-6,9-12H,7-8H2,1-4H3,(H,22,26). The first-order valence-corrected chi connectivity index (χ1v) is 8.93. The molecule has 2 aromatic carbocycles. The Kier molecular flexibility index (Phi) is 5.63. The van der Waals surface area contributed by atoms with Crippen molar-refractivity contribution in [2.45, 2.75) is 26.7 Å². The van der Waals surface area contributed by atoms with Crippen molar-refractivity contribution in [3.8, 4) is 11.5 Å². The van der Waals surface area contributed by atoms with Crippen molar-refractivity contribution in [2.75, 3.05) is 24.5 Å². The van der Waals surface area contributed by atoms with Gasteiger partial charge >= 0.3 is 0 Å². The summed E-state index contributed by atoms with van der Waals surface area (Å²) in [5, 5.41) is 8.47. The smallest absolute Gasteiger partial charge is 0.271 e. The number of anilines is 2. The molecule has 2 amide bonds. The summed E-state index contributed by atoms with van der Waals surface area (Å²) in [5.41, 5.74) is 3.45. The number of ether oxygens (including phenoxy) is 2. The third-order valence-corrected chi connectivity index (χ3v) is 4.50. The van der Waals surface area contributed by atoms with E-state index in [0.717, 1.165) is 11.1 Å². The monoisotopic (exact) mass is 381 g/mol. The van der Waals surface area contributed by atoms with Crippen LogP contribution in [0, 0.1) is 13.8 Å². The number of nitrogens with zero attached hydrogens (tertiary/aromatic N) is 2. The number of carbonyl (C=O) groups is 2. The second kappa shape index (κ2) is 8.12. The lowest BCUT2D eigenvalue weighted by Crippen LogP contribution is -2.36. The predicted molar refractivity (Wildman–Crippen MR) is 108 cm³/mol. The minimum absolute atomic E-state index is 0.131. The van der Waals surface area contributed by atoms with Crippen LogP contribution in [0.5, 0.6) is 11.5 Å².